The van der Waals surface area contributed by atoms with Gasteiger partial charge in [-0.1, -0.05) is 24.6 Å². The molecule has 1 atom stereocenters. The first kappa shape index (κ1) is 12.7. The van der Waals surface area contributed by atoms with Crippen LogP contribution >= 0.6 is 0 Å². The molecule has 14 heavy (non-hydrogen) atoms. The van der Waals surface area contributed by atoms with E-state index in [0.717, 1.165) is 5.70 Å². The molecule has 2 heteroatoms. The van der Waals surface area contributed by atoms with Gasteiger partial charge in [-0.25, -0.2) is 0 Å². The van der Waals surface area contributed by atoms with Crippen LogP contribution in [0.25, 0.3) is 0 Å². The van der Waals surface area contributed by atoms with Crippen LogP contribution in [-0.4, -0.2) is 5.91 Å². The molecule has 0 heterocycles. The fourth-order valence-electron chi connectivity index (χ4n) is 0.957. The molecule has 1 unspecified atom stereocenters. The highest BCUT2D eigenvalue weighted by atomic mass is 16.1. The number of nitrogens with one attached hydrogen (secondary N) is 1. The van der Waals surface area contributed by atoms with Gasteiger partial charge in [0.25, 0.3) is 0 Å². The third-order valence-corrected chi connectivity index (χ3v) is 2.09. The van der Waals surface area contributed by atoms with Crippen molar-refractivity contribution in [2.45, 2.75) is 27.7 Å². The molecule has 1 N–H and O–H groups in total. The van der Waals surface area contributed by atoms with E-state index in [0.29, 0.717) is 5.92 Å². The predicted octanol–water partition coefficient (Wildman–Crippen LogP) is 2.79. The number of hydrogen-bond acceptors (Lipinski definition) is 1. The Hall–Kier alpha value is -1.31. The Balaban J connectivity index is 4.59. The van der Waals surface area contributed by atoms with E-state index in [4.69, 9.17) is 0 Å². The second-order valence-corrected chi connectivity index (χ2v) is 3.34. The van der Waals surface area contributed by atoms with Crippen LogP contribution < -0.4 is 5.32 Å². The maximum Gasteiger partial charge on any atom is 0.221 e. The van der Waals surface area contributed by atoms with Crippen molar-refractivity contribution < 1.29 is 4.79 Å². The largest absolute Gasteiger partial charge is 0.327 e. The maximum absolute atomic E-state index is 10.8. The number of carbonyl (C=O) groups excluding carboxylic acids is 1. The van der Waals surface area contributed by atoms with E-state index in [9.17, 15) is 4.79 Å². The van der Waals surface area contributed by atoms with Crippen molar-refractivity contribution in [3.05, 3.63) is 36.1 Å². The van der Waals surface area contributed by atoms with Gasteiger partial charge in [0.2, 0.25) is 5.91 Å². The van der Waals surface area contributed by atoms with E-state index >= 15 is 0 Å². The molecule has 0 fully saturated rings. The summed E-state index contributed by atoms with van der Waals surface area (Å²) in [4.78, 5) is 10.8. The standard InChI is InChI=1S/C12H19NO/c1-6-9(3)10(4)8-12(7-2)13-11(5)14/h6-9H,1H2,2-5H3,(H,13,14). The van der Waals surface area contributed by atoms with Gasteiger partial charge >= 0.3 is 0 Å². The topological polar surface area (TPSA) is 29.1 Å². The maximum atomic E-state index is 10.8. The second kappa shape index (κ2) is 6.19. The molecule has 0 saturated carbocycles. The first-order valence-electron chi connectivity index (χ1n) is 4.76. The lowest BCUT2D eigenvalue weighted by Gasteiger charge is -2.08. The van der Waals surface area contributed by atoms with Gasteiger partial charge in [-0.05, 0) is 25.8 Å². The number of rotatable bonds is 4. The zero-order valence-electron chi connectivity index (χ0n) is 9.42. The molecule has 0 radical (unpaired) electrons. The Morgan fingerprint density at radius 3 is 2.36 bits per heavy atom. The predicted molar refractivity (Wildman–Crippen MR) is 60.7 cm³/mol. The molecule has 0 rings (SSSR count). The summed E-state index contributed by atoms with van der Waals surface area (Å²) in [6, 6.07) is 0. The summed E-state index contributed by atoms with van der Waals surface area (Å²) in [6.45, 7) is 11.2. The highest BCUT2D eigenvalue weighted by Crippen LogP contribution is 2.12. The lowest BCUT2D eigenvalue weighted by atomic mass is 10.0. The molecule has 0 bridgehead atoms. The van der Waals surface area contributed by atoms with Crippen LogP contribution in [0.15, 0.2) is 36.1 Å². The summed E-state index contributed by atoms with van der Waals surface area (Å²) < 4.78 is 0. The minimum atomic E-state index is -0.0478. The molecule has 0 aromatic rings. The van der Waals surface area contributed by atoms with Crippen molar-refractivity contribution in [3.63, 3.8) is 0 Å². The monoisotopic (exact) mass is 193 g/mol. The fraction of sp³-hybridized carbons (Fsp3) is 0.417. The molecule has 0 aliphatic carbocycles. The molecular formula is C12H19NO. The molecule has 0 spiro atoms. The Morgan fingerprint density at radius 2 is 2.00 bits per heavy atom. The van der Waals surface area contributed by atoms with Crippen LogP contribution in [0, 0.1) is 5.92 Å². The molecule has 0 aromatic carbocycles. The van der Waals surface area contributed by atoms with Gasteiger partial charge in [-0.2, -0.15) is 0 Å². The van der Waals surface area contributed by atoms with Crippen molar-refractivity contribution in [1.29, 1.82) is 0 Å². The van der Waals surface area contributed by atoms with Crippen LogP contribution in [0.3, 0.4) is 0 Å². The molecule has 0 saturated heterocycles. The van der Waals surface area contributed by atoms with Gasteiger partial charge in [-0.3, -0.25) is 4.79 Å². The summed E-state index contributed by atoms with van der Waals surface area (Å²) in [5.41, 5.74) is 2.02. The SMILES string of the molecule is C=CC(C)C(C)=CC(=CC)NC(C)=O. The molecule has 78 valence electrons. The molecule has 0 aromatic heterocycles. The Labute approximate surface area is 86.4 Å². The van der Waals surface area contributed by atoms with Crippen molar-refractivity contribution in [2.75, 3.05) is 0 Å². The molecule has 0 aliphatic heterocycles. The summed E-state index contributed by atoms with van der Waals surface area (Å²) in [6.07, 6.45) is 5.72. The number of carbonyl (C=O) groups is 1. The first-order chi connectivity index (χ1) is 6.51. The van der Waals surface area contributed by atoms with Gasteiger partial charge in [-0.15, -0.1) is 6.58 Å². The van der Waals surface area contributed by atoms with Gasteiger partial charge in [0, 0.05) is 12.6 Å². The van der Waals surface area contributed by atoms with E-state index in [1.54, 1.807) is 0 Å². The van der Waals surface area contributed by atoms with Crippen LogP contribution in [0.1, 0.15) is 27.7 Å². The van der Waals surface area contributed by atoms with E-state index < -0.39 is 0 Å². The van der Waals surface area contributed by atoms with Crippen LogP contribution in [0.5, 0.6) is 0 Å². The van der Waals surface area contributed by atoms with Crippen molar-refractivity contribution in [1.82, 2.24) is 5.32 Å². The number of allylic oxidation sites excluding steroid dienone is 4. The van der Waals surface area contributed by atoms with Gasteiger partial charge in [0.15, 0.2) is 0 Å². The van der Waals surface area contributed by atoms with E-state index in [2.05, 4.69) is 18.8 Å². The Bertz CT molecular complexity index is 274. The molecule has 1 amide bonds. The van der Waals surface area contributed by atoms with E-state index in [-0.39, 0.29) is 5.91 Å². The third kappa shape index (κ3) is 4.65. The Kier molecular flexibility index (Phi) is 5.61. The highest BCUT2D eigenvalue weighted by molar-refractivity contribution is 5.75. The Morgan fingerprint density at radius 1 is 1.43 bits per heavy atom. The summed E-state index contributed by atoms with van der Waals surface area (Å²) in [7, 11) is 0. The van der Waals surface area contributed by atoms with Gasteiger partial charge in [0.05, 0.1) is 0 Å². The second-order valence-electron chi connectivity index (χ2n) is 3.34. The summed E-state index contributed by atoms with van der Waals surface area (Å²) >= 11 is 0. The average molecular weight is 193 g/mol. The normalized spacial score (nSPS) is 14.9. The zero-order chi connectivity index (χ0) is 11.1. The minimum absolute atomic E-state index is 0.0478. The fourth-order valence-corrected chi connectivity index (χ4v) is 0.957. The van der Waals surface area contributed by atoms with Gasteiger partial charge in [0.1, 0.15) is 0 Å². The zero-order valence-corrected chi connectivity index (χ0v) is 9.42. The van der Waals surface area contributed by atoms with Gasteiger partial charge < -0.3 is 5.32 Å². The smallest absolute Gasteiger partial charge is 0.221 e. The van der Waals surface area contributed by atoms with Crippen molar-refractivity contribution in [2.24, 2.45) is 5.92 Å². The van der Waals surface area contributed by atoms with E-state index in [1.165, 1.54) is 12.5 Å². The number of amides is 1. The van der Waals surface area contributed by atoms with Crippen LogP contribution in [-0.2, 0) is 4.79 Å². The average Bonchev–Trinajstić information content (AvgIpc) is 2.14. The summed E-state index contributed by atoms with van der Waals surface area (Å²) in [5, 5.41) is 2.75. The highest BCUT2D eigenvalue weighted by Gasteiger charge is 2.00. The van der Waals surface area contributed by atoms with Crippen LogP contribution in [0.2, 0.25) is 0 Å². The van der Waals surface area contributed by atoms with Crippen molar-refractivity contribution >= 4 is 5.91 Å². The van der Waals surface area contributed by atoms with E-state index in [1.807, 2.05) is 32.1 Å². The first-order valence-corrected chi connectivity index (χ1v) is 4.76. The quantitative estimate of drug-likeness (QED) is 0.540. The lowest BCUT2D eigenvalue weighted by Crippen LogP contribution is -2.18. The summed E-state index contributed by atoms with van der Waals surface area (Å²) in [5.74, 6) is 0.284. The van der Waals surface area contributed by atoms with Crippen LogP contribution in [0.4, 0.5) is 0 Å². The molecule has 0 aliphatic rings. The number of hydrogen-bond donors (Lipinski definition) is 1. The lowest BCUT2D eigenvalue weighted by molar-refractivity contribution is -0.118. The third-order valence-electron chi connectivity index (χ3n) is 2.09. The van der Waals surface area contributed by atoms with Crippen molar-refractivity contribution in [3.8, 4) is 0 Å². The molecule has 2 nitrogen and oxygen atoms in total. The molecular weight excluding hydrogens is 174 g/mol. The minimum Gasteiger partial charge on any atom is -0.327 e.